The molecule has 0 atom stereocenters. The Kier molecular flexibility index (Phi) is 2.31. The Morgan fingerprint density at radius 3 is 2.80 bits per heavy atom. The van der Waals surface area contributed by atoms with E-state index in [0.29, 0.717) is 0 Å². The van der Waals surface area contributed by atoms with Crippen LogP contribution in [0.4, 0.5) is 0 Å². The maximum Gasteiger partial charge on any atom is 0.244 e. The number of imidazole rings is 1. The minimum Gasteiger partial charge on any atom is -0.293 e. The number of aromatic nitrogens is 2. The van der Waals surface area contributed by atoms with Crippen molar-refractivity contribution in [3.8, 4) is 0 Å². The summed E-state index contributed by atoms with van der Waals surface area (Å²) >= 11 is 0. The molecule has 0 aliphatic heterocycles. The van der Waals surface area contributed by atoms with E-state index in [0.717, 1.165) is 5.71 Å². The third kappa shape index (κ3) is 1.54. The molecule has 1 heterocycles. The molecule has 15 heavy (non-hydrogen) atoms. The summed E-state index contributed by atoms with van der Waals surface area (Å²) in [7, 11) is 5.94. The van der Waals surface area contributed by atoms with Gasteiger partial charge in [0, 0.05) is 12.8 Å². The van der Waals surface area contributed by atoms with Crippen molar-refractivity contribution >= 4 is 16.7 Å². The highest BCUT2D eigenvalue weighted by Gasteiger charge is 2.10. The minimum absolute atomic E-state index is 1.07. The van der Waals surface area contributed by atoms with Crippen LogP contribution in [0.15, 0.2) is 29.5 Å². The lowest BCUT2D eigenvalue weighted by atomic mass is 10.1. The summed E-state index contributed by atoms with van der Waals surface area (Å²) in [5.41, 5.74) is 4.73. The highest BCUT2D eigenvalue weighted by molar-refractivity contribution is 6.00. The summed E-state index contributed by atoms with van der Waals surface area (Å²) in [6.45, 7) is 2.03. The number of fused-ring (bicyclic) bond motifs is 1. The van der Waals surface area contributed by atoms with Crippen LogP contribution in [-0.4, -0.2) is 17.3 Å². The predicted octanol–water partition coefficient (Wildman–Crippen LogP) is 1.44. The smallest absolute Gasteiger partial charge is 0.244 e. The number of aryl methyl sites for hydroxylation is 2. The first-order chi connectivity index (χ1) is 7.13. The molecule has 0 bridgehead atoms. The molecule has 78 valence electrons. The van der Waals surface area contributed by atoms with E-state index in [1.54, 1.807) is 0 Å². The largest absolute Gasteiger partial charge is 0.293 e. The quantitative estimate of drug-likeness (QED) is 0.493. The average Bonchev–Trinajstić information content (AvgIpc) is 2.53. The molecular weight excluding hydrogens is 186 g/mol. The van der Waals surface area contributed by atoms with E-state index in [2.05, 4.69) is 52.7 Å². The second kappa shape index (κ2) is 3.50. The van der Waals surface area contributed by atoms with Crippen molar-refractivity contribution in [1.82, 2.24) is 4.57 Å². The van der Waals surface area contributed by atoms with Gasteiger partial charge in [0.25, 0.3) is 0 Å². The lowest BCUT2D eigenvalue weighted by molar-refractivity contribution is -0.645. The van der Waals surface area contributed by atoms with Gasteiger partial charge in [-0.05, 0) is 30.7 Å². The first-order valence-corrected chi connectivity index (χ1v) is 5.02. The predicted molar refractivity (Wildman–Crippen MR) is 62.2 cm³/mol. The standard InChI is InChI=1S/C12H16N3/c1-9(13-2)10-5-6-11-12(7-10)15(4)8-14(11)3/h5-8H,1-4H3/q+1. The Morgan fingerprint density at radius 2 is 2.13 bits per heavy atom. The van der Waals surface area contributed by atoms with Crippen LogP contribution in [0, 0.1) is 0 Å². The van der Waals surface area contributed by atoms with Crippen LogP contribution in [0.1, 0.15) is 12.5 Å². The molecule has 0 N–H and O–H groups in total. The maximum atomic E-state index is 4.20. The van der Waals surface area contributed by atoms with E-state index in [-0.39, 0.29) is 0 Å². The summed E-state index contributed by atoms with van der Waals surface area (Å²) in [6, 6.07) is 6.43. The van der Waals surface area contributed by atoms with Gasteiger partial charge in [-0.3, -0.25) is 4.99 Å². The third-order valence-corrected chi connectivity index (χ3v) is 2.83. The van der Waals surface area contributed by atoms with Crippen molar-refractivity contribution in [2.75, 3.05) is 7.05 Å². The van der Waals surface area contributed by atoms with Crippen LogP contribution < -0.4 is 4.57 Å². The topological polar surface area (TPSA) is 21.2 Å². The zero-order chi connectivity index (χ0) is 11.0. The molecule has 1 aromatic heterocycles. The maximum absolute atomic E-state index is 4.20. The molecule has 0 unspecified atom stereocenters. The van der Waals surface area contributed by atoms with Crippen molar-refractivity contribution in [3.05, 3.63) is 30.1 Å². The number of rotatable bonds is 1. The fourth-order valence-corrected chi connectivity index (χ4v) is 1.84. The highest BCUT2D eigenvalue weighted by Crippen LogP contribution is 2.13. The van der Waals surface area contributed by atoms with Gasteiger partial charge in [0.1, 0.15) is 0 Å². The minimum atomic E-state index is 1.07. The van der Waals surface area contributed by atoms with Crippen LogP contribution in [-0.2, 0) is 14.1 Å². The molecule has 0 saturated heterocycles. The van der Waals surface area contributed by atoms with E-state index < -0.39 is 0 Å². The van der Waals surface area contributed by atoms with Gasteiger partial charge in [0.05, 0.1) is 14.1 Å². The van der Waals surface area contributed by atoms with Crippen molar-refractivity contribution in [1.29, 1.82) is 0 Å². The number of hydrogen-bond acceptors (Lipinski definition) is 1. The van der Waals surface area contributed by atoms with Crippen LogP contribution in [0.2, 0.25) is 0 Å². The number of aliphatic imine (C=N–C) groups is 1. The zero-order valence-electron chi connectivity index (χ0n) is 9.65. The second-order valence-corrected chi connectivity index (χ2v) is 3.85. The molecule has 3 heteroatoms. The summed E-state index contributed by atoms with van der Waals surface area (Å²) in [5.74, 6) is 0. The molecule has 2 rings (SSSR count). The van der Waals surface area contributed by atoms with Crippen LogP contribution in [0.3, 0.4) is 0 Å². The first-order valence-electron chi connectivity index (χ1n) is 5.02. The molecule has 2 aromatic rings. The molecule has 0 saturated carbocycles. The van der Waals surface area contributed by atoms with E-state index in [9.17, 15) is 0 Å². The van der Waals surface area contributed by atoms with Crippen LogP contribution >= 0.6 is 0 Å². The molecule has 3 nitrogen and oxygen atoms in total. The van der Waals surface area contributed by atoms with Gasteiger partial charge in [0.2, 0.25) is 6.33 Å². The highest BCUT2D eigenvalue weighted by atomic mass is 15.1. The Balaban J connectivity index is 2.70. The van der Waals surface area contributed by atoms with Gasteiger partial charge < -0.3 is 0 Å². The average molecular weight is 202 g/mol. The van der Waals surface area contributed by atoms with Crippen molar-refractivity contribution in [3.63, 3.8) is 0 Å². The van der Waals surface area contributed by atoms with Crippen LogP contribution in [0.5, 0.6) is 0 Å². The summed E-state index contributed by atoms with van der Waals surface area (Å²) in [5, 5.41) is 0. The van der Waals surface area contributed by atoms with Gasteiger partial charge in [-0.1, -0.05) is 0 Å². The SMILES string of the molecule is CN=C(C)c1ccc2c(c1)n(C)c[n+]2C. The second-order valence-electron chi connectivity index (χ2n) is 3.85. The molecule has 1 aromatic carbocycles. The fraction of sp³-hybridized carbons (Fsp3) is 0.333. The van der Waals surface area contributed by atoms with Crippen molar-refractivity contribution < 1.29 is 4.57 Å². The van der Waals surface area contributed by atoms with Crippen LogP contribution in [0.25, 0.3) is 11.0 Å². The van der Waals surface area contributed by atoms with E-state index in [1.807, 2.05) is 14.0 Å². The van der Waals surface area contributed by atoms with E-state index in [1.165, 1.54) is 16.6 Å². The number of nitrogens with zero attached hydrogens (tertiary/aromatic N) is 3. The summed E-state index contributed by atoms with van der Waals surface area (Å²) < 4.78 is 4.25. The Bertz CT molecular complexity index is 535. The molecular formula is C12H16N3+. The van der Waals surface area contributed by atoms with E-state index >= 15 is 0 Å². The normalized spacial score (nSPS) is 12.4. The van der Waals surface area contributed by atoms with Gasteiger partial charge in [-0.25, -0.2) is 9.13 Å². The van der Waals surface area contributed by atoms with Gasteiger partial charge in [-0.15, -0.1) is 0 Å². The Hall–Kier alpha value is -1.64. The third-order valence-electron chi connectivity index (χ3n) is 2.83. The molecule has 0 spiro atoms. The number of benzene rings is 1. The van der Waals surface area contributed by atoms with Gasteiger partial charge in [0.15, 0.2) is 11.0 Å². The van der Waals surface area contributed by atoms with Crippen molar-refractivity contribution in [2.45, 2.75) is 6.92 Å². The fourth-order valence-electron chi connectivity index (χ4n) is 1.84. The summed E-state index contributed by atoms with van der Waals surface area (Å²) in [6.07, 6.45) is 2.08. The lowest BCUT2D eigenvalue weighted by Gasteiger charge is -1.98. The molecule has 0 fully saturated rings. The Labute approximate surface area is 89.7 Å². The molecule has 0 aliphatic rings. The van der Waals surface area contributed by atoms with E-state index in [4.69, 9.17) is 0 Å². The lowest BCUT2D eigenvalue weighted by Crippen LogP contribution is -2.25. The first kappa shape index (κ1) is 9.90. The molecule has 0 radical (unpaired) electrons. The van der Waals surface area contributed by atoms with Gasteiger partial charge >= 0.3 is 0 Å². The zero-order valence-corrected chi connectivity index (χ0v) is 9.65. The monoisotopic (exact) mass is 202 g/mol. The molecule has 0 amide bonds. The number of hydrogen-bond donors (Lipinski definition) is 0. The van der Waals surface area contributed by atoms with Gasteiger partial charge in [-0.2, -0.15) is 0 Å². The van der Waals surface area contributed by atoms with Crippen molar-refractivity contribution in [2.24, 2.45) is 19.1 Å². The summed E-state index contributed by atoms with van der Waals surface area (Å²) in [4.78, 5) is 4.20. The molecule has 0 aliphatic carbocycles. The Morgan fingerprint density at radius 1 is 1.40 bits per heavy atom.